The molecule has 0 spiro atoms. The second-order valence-corrected chi connectivity index (χ2v) is 6.00. The van der Waals surface area contributed by atoms with E-state index in [0.29, 0.717) is 29.3 Å². The van der Waals surface area contributed by atoms with E-state index >= 15 is 0 Å². The fourth-order valence-corrected chi connectivity index (χ4v) is 2.75. The van der Waals surface area contributed by atoms with Crippen LogP contribution in [0.4, 0.5) is 0 Å². The third-order valence-corrected chi connectivity index (χ3v) is 4.86. The van der Waals surface area contributed by atoms with Crippen LogP contribution in [0.1, 0.15) is 19.3 Å². The molecule has 6 nitrogen and oxygen atoms in total. The van der Waals surface area contributed by atoms with Crippen LogP contribution in [0, 0.1) is 0 Å². The summed E-state index contributed by atoms with van der Waals surface area (Å²) < 4.78 is 2.16. The average molecular weight is 358 g/mol. The Hall–Kier alpha value is -1.47. The number of hydrogen-bond acceptors (Lipinski definition) is 4. The maximum Gasteiger partial charge on any atom is 0.331 e. The van der Waals surface area contributed by atoms with Gasteiger partial charge in [0.05, 0.1) is 5.02 Å². The fourth-order valence-electron chi connectivity index (χ4n) is 2.32. The van der Waals surface area contributed by atoms with Gasteiger partial charge in [0.1, 0.15) is 0 Å². The Morgan fingerprint density at radius 3 is 2.75 bits per heavy atom. The van der Waals surface area contributed by atoms with Crippen LogP contribution in [0.3, 0.4) is 0 Å². The molecule has 1 fully saturated rings. The second kappa shape index (κ2) is 4.82. The topological polar surface area (TPSA) is 80.9 Å². The molecular formula is C12H10BrClN4O2. The molecule has 1 aromatic carbocycles. The maximum absolute atomic E-state index is 11.6. The van der Waals surface area contributed by atoms with Crippen LogP contribution in [-0.2, 0) is 10.3 Å². The molecule has 20 heavy (non-hydrogen) atoms. The van der Waals surface area contributed by atoms with Gasteiger partial charge in [0.15, 0.2) is 11.4 Å². The highest BCUT2D eigenvalue weighted by Crippen LogP contribution is 2.41. The first-order valence-electron chi connectivity index (χ1n) is 6.02. The van der Waals surface area contributed by atoms with Gasteiger partial charge in [-0.15, -0.1) is 5.10 Å². The molecule has 1 N–H and O–H groups in total. The first-order chi connectivity index (χ1) is 9.54. The Morgan fingerprint density at radius 2 is 2.20 bits per heavy atom. The summed E-state index contributed by atoms with van der Waals surface area (Å²) in [4.78, 5) is 11.6. The Balaban J connectivity index is 2.10. The normalized spacial score (nSPS) is 16.7. The van der Waals surface area contributed by atoms with Crippen molar-refractivity contribution in [2.75, 3.05) is 0 Å². The van der Waals surface area contributed by atoms with E-state index in [1.54, 1.807) is 18.2 Å². The molecule has 0 radical (unpaired) electrons. The number of aliphatic carboxylic acids is 1. The predicted molar refractivity (Wildman–Crippen MR) is 75.4 cm³/mol. The smallest absolute Gasteiger partial charge is 0.331 e. The van der Waals surface area contributed by atoms with Gasteiger partial charge in [-0.25, -0.2) is 9.48 Å². The van der Waals surface area contributed by atoms with Crippen molar-refractivity contribution in [2.45, 2.75) is 24.8 Å². The van der Waals surface area contributed by atoms with Crippen LogP contribution in [-0.4, -0.2) is 31.3 Å². The molecule has 0 atom stereocenters. The lowest BCUT2D eigenvalue weighted by Gasteiger charge is -2.37. The molecule has 0 saturated heterocycles. The number of nitrogens with zero attached hydrogens (tertiary/aromatic N) is 4. The lowest BCUT2D eigenvalue weighted by atomic mass is 9.76. The largest absolute Gasteiger partial charge is 0.479 e. The zero-order valence-electron chi connectivity index (χ0n) is 10.3. The van der Waals surface area contributed by atoms with Gasteiger partial charge in [0.2, 0.25) is 0 Å². The minimum atomic E-state index is -1.03. The summed E-state index contributed by atoms with van der Waals surface area (Å²) in [6, 6.07) is 5.29. The van der Waals surface area contributed by atoms with Gasteiger partial charge in [-0.05, 0) is 63.8 Å². The molecule has 8 heteroatoms. The Morgan fingerprint density at radius 1 is 1.45 bits per heavy atom. The highest BCUT2D eigenvalue weighted by atomic mass is 79.9. The molecule has 1 aromatic heterocycles. The molecule has 3 rings (SSSR count). The summed E-state index contributed by atoms with van der Waals surface area (Å²) in [5, 5.41) is 21.5. The van der Waals surface area contributed by atoms with E-state index in [-0.39, 0.29) is 0 Å². The molecule has 1 aliphatic carbocycles. The van der Waals surface area contributed by atoms with Crippen molar-refractivity contribution < 1.29 is 9.90 Å². The van der Waals surface area contributed by atoms with E-state index in [4.69, 9.17) is 11.6 Å². The maximum atomic E-state index is 11.6. The highest BCUT2D eigenvalue weighted by molar-refractivity contribution is 9.10. The molecule has 1 aliphatic rings. The first-order valence-corrected chi connectivity index (χ1v) is 7.19. The number of carboxylic acid groups (broad SMARTS) is 1. The van der Waals surface area contributed by atoms with Crippen LogP contribution in [0.25, 0.3) is 11.4 Å². The van der Waals surface area contributed by atoms with Crippen LogP contribution in [0.5, 0.6) is 0 Å². The molecule has 1 heterocycles. The second-order valence-electron chi connectivity index (χ2n) is 4.73. The quantitative estimate of drug-likeness (QED) is 0.913. The Bertz CT molecular complexity index is 684. The highest BCUT2D eigenvalue weighted by Gasteiger charge is 2.49. The summed E-state index contributed by atoms with van der Waals surface area (Å²) >= 11 is 9.38. The number of benzene rings is 1. The molecule has 0 unspecified atom stereocenters. The Kier molecular flexibility index (Phi) is 3.25. The average Bonchev–Trinajstić information content (AvgIpc) is 2.80. The lowest BCUT2D eigenvalue weighted by molar-refractivity contribution is -0.153. The summed E-state index contributed by atoms with van der Waals surface area (Å²) in [6.07, 6.45) is 1.92. The van der Waals surface area contributed by atoms with E-state index in [1.165, 1.54) is 4.68 Å². The molecule has 1 saturated carbocycles. The van der Waals surface area contributed by atoms with Gasteiger partial charge in [0, 0.05) is 10.0 Å². The standard InChI is InChI=1S/C12H10BrClN4O2/c13-8-3-2-7(6-9(8)14)10-15-16-17-18(10)12(11(19)20)4-1-5-12/h2-3,6H,1,4-5H2,(H,19,20). The zero-order valence-corrected chi connectivity index (χ0v) is 12.6. The fraction of sp³-hybridized carbons (Fsp3) is 0.333. The van der Waals surface area contributed by atoms with Crippen molar-refractivity contribution in [3.8, 4) is 11.4 Å². The van der Waals surface area contributed by atoms with Gasteiger partial charge in [0.25, 0.3) is 0 Å². The predicted octanol–water partition coefficient (Wildman–Crippen LogP) is 2.72. The SMILES string of the molecule is O=C(O)C1(n2nnnc2-c2ccc(Br)c(Cl)c2)CCC1. The summed E-state index contributed by atoms with van der Waals surface area (Å²) in [7, 11) is 0. The number of rotatable bonds is 3. The molecule has 104 valence electrons. The molecular weight excluding hydrogens is 348 g/mol. The third-order valence-electron chi connectivity index (χ3n) is 3.63. The Labute approximate surface area is 127 Å². The first kappa shape index (κ1) is 13.5. The van der Waals surface area contributed by atoms with Crippen molar-refractivity contribution in [3.63, 3.8) is 0 Å². The van der Waals surface area contributed by atoms with Crippen molar-refractivity contribution in [1.82, 2.24) is 20.2 Å². The zero-order chi connectivity index (χ0) is 14.3. The van der Waals surface area contributed by atoms with Gasteiger partial charge in [-0.1, -0.05) is 11.6 Å². The van der Waals surface area contributed by atoms with Crippen molar-refractivity contribution in [1.29, 1.82) is 0 Å². The molecule has 2 aromatic rings. The van der Waals surface area contributed by atoms with E-state index < -0.39 is 11.5 Å². The number of carboxylic acids is 1. The number of aromatic nitrogens is 4. The van der Waals surface area contributed by atoms with E-state index in [9.17, 15) is 9.90 Å². The van der Waals surface area contributed by atoms with Gasteiger partial charge in [-0.2, -0.15) is 0 Å². The number of halogens is 2. The van der Waals surface area contributed by atoms with Crippen molar-refractivity contribution in [3.05, 3.63) is 27.7 Å². The molecule has 0 aliphatic heterocycles. The van der Waals surface area contributed by atoms with Gasteiger partial charge >= 0.3 is 5.97 Å². The summed E-state index contributed by atoms with van der Waals surface area (Å²) in [6.45, 7) is 0. The minimum Gasteiger partial charge on any atom is -0.479 e. The van der Waals surface area contributed by atoms with E-state index in [2.05, 4.69) is 31.5 Å². The monoisotopic (exact) mass is 356 g/mol. The third kappa shape index (κ3) is 1.92. The summed E-state index contributed by atoms with van der Waals surface area (Å²) in [5.74, 6) is -0.484. The van der Waals surface area contributed by atoms with Crippen molar-refractivity contribution in [2.24, 2.45) is 0 Å². The minimum absolute atomic E-state index is 0.418. The van der Waals surface area contributed by atoms with Crippen molar-refractivity contribution >= 4 is 33.5 Å². The number of hydrogen-bond donors (Lipinski definition) is 1. The van der Waals surface area contributed by atoms with Crippen LogP contribution < -0.4 is 0 Å². The number of carbonyl (C=O) groups is 1. The molecule has 0 amide bonds. The van der Waals surface area contributed by atoms with Gasteiger partial charge < -0.3 is 5.11 Å². The lowest BCUT2D eigenvalue weighted by Crippen LogP contribution is -2.48. The van der Waals surface area contributed by atoms with E-state index in [1.807, 2.05) is 0 Å². The van der Waals surface area contributed by atoms with Crippen LogP contribution in [0.15, 0.2) is 22.7 Å². The summed E-state index contributed by atoms with van der Waals surface area (Å²) in [5.41, 5.74) is -0.339. The van der Waals surface area contributed by atoms with E-state index in [0.717, 1.165) is 10.9 Å². The van der Waals surface area contributed by atoms with Crippen LogP contribution in [0.2, 0.25) is 5.02 Å². The van der Waals surface area contributed by atoms with Gasteiger partial charge in [-0.3, -0.25) is 0 Å². The van der Waals surface area contributed by atoms with Crippen LogP contribution >= 0.6 is 27.5 Å². The number of tetrazole rings is 1. The molecule has 0 bridgehead atoms.